The molecule has 7 atom stereocenters. The molecule has 3 aliphatic rings. The van der Waals surface area contributed by atoms with Crippen LogP contribution >= 0.6 is 0 Å². The minimum atomic E-state index is -0.783. The maximum atomic E-state index is 14.1. The summed E-state index contributed by atoms with van der Waals surface area (Å²) >= 11 is 0. The van der Waals surface area contributed by atoms with Gasteiger partial charge in [-0.25, -0.2) is 19.6 Å². The monoisotopic (exact) mass is 862 g/mol. The van der Waals surface area contributed by atoms with Crippen LogP contribution in [0.1, 0.15) is 77.1 Å². The lowest BCUT2D eigenvalue weighted by atomic mass is 9.95. The number of ether oxygens (including phenoxy) is 4. The van der Waals surface area contributed by atoms with Crippen molar-refractivity contribution in [3.63, 3.8) is 0 Å². The zero-order valence-electron chi connectivity index (χ0n) is 37.0. The number of H-pyrrole nitrogens is 2. The van der Waals surface area contributed by atoms with E-state index in [0.29, 0.717) is 37.9 Å². The Balaban J connectivity index is 1.01. The molecule has 0 radical (unpaired) electrons. The van der Waals surface area contributed by atoms with Gasteiger partial charge in [0.1, 0.15) is 23.7 Å². The molecule has 16 heteroatoms. The van der Waals surface area contributed by atoms with Gasteiger partial charge in [-0.3, -0.25) is 9.59 Å². The van der Waals surface area contributed by atoms with Crippen LogP contribution in [0.5, 0.6) is 0 Å². The number of aromatic amines is 2. The fourth-order valence-corrected chi connectivity index (χ4v) is 9.75. The Labute approximate surface area is 366 Å². The number of hydrogen-bond donors (Lipinski definition) is 4. The molecule has 1 saturated carbocycles. The van der Waals surface area contributed by atoms with Crippen molar-refractivity contribution in [2.75, 3.05) is 41.1 Å². The van der Waals surface area contributed by atoms with Gasteiger partial charge >= 0.3 is 12.2 Å². The van der Waals surface area contributed by atoms with Gasteiger partial charge in [-0.1, -0.05) is 70.2 Å². The maximum absolute atomic E-state index is 14.1. The summed E-state index contributed by atoms with van der Waals surface area (Å²) in [7, 11) is 4.20. The highest BCUT2D eigenvalue weighted by molar-refractivity contribution is 6.05. The van der Waals surface area contributed by atoms with Gasteiger partial charge in [0.25, 0.3) is 0 Å². The molecule has 2 saturated heterocycles. The number of amides is 4. The number of nitrogens with zero attached hydrogens (tertiary/aromatic N) is 4. The third-order valence-corrected chi connectivity index (χ3v) is 13.0. The summed E-state index contributed by atoms with van der Waals surface area (Å²) in [5.41, 5.74) is 5.62. The number of methoxy groups -OCH3 is 3. The van der Waals surface area contributed by atoms with E-state index in [9.17, 15) is 19.2 Å². The number of nitrogens with one attached hydrogen (secondary N) is 4. The van der Waals surface area contributed by atoms with E-state index < -0.39 is 30.3 Å². The number of aromatic nitrogens is 4. The van der Waals surface area contributed by atoms with Crippen molar-refractivity contribution in [1.29, 1.82) is 0 Å². The molecular formula is C47H58N8O8. The van der Waals surface area contributed by atoms with Crippen molar-refractivity contribution in [3.8, 4) is 22.4 Å². The van der Waals surface area contributed by atoms with Crippen molar-refractivity contribution in [2.24, 2.45) is 17.8 Å². The van der Waals surface area contributed by atoms with Crippen molar-refractivity contribution >= 4 is 45.8 Å². The van der Waals surface area contributed by atoms with E-state index >= 15 is 0 Å². The highest BCUT2D eigenvalue weighted by Crippen LogP contribution is 2.50. The molecule has 0 unspecified atom stereocenters. The van der Waals surface area contributed by atoms with Gasteiger partial charge in [-0.15, -0.1) is 0 Å². The SMILES string of the molecule is COCCO[C@@H]1C[C@@H](c2ncc(-c3ccc(-c4ccc5c(ccc6[nH]c([C@@H]7[C@H]8CC[C@H](C8)N7C(=O)[C@@H](NC(=O)OC)C(C)C)nc65)c4)cc3)[nH]2)N(C(=O)[C@@H](NC(=O)OC)C(C)C)C1. The zero-order chi connectivity index (χ0) is 44.5. The number of likely N-dealkylation sites (tertiary alicyclic amines) is 2. The van der Waals surface area contributed by atoms with Gasteiger partial charge in [0.2, 0.25) is 11.8 Å². The first-order valence-corrected chi connectivity index (χ1v) is 21.9. The first kappa shape index (κ1) is 43.6. The topological polar surface area (TPSA) is 193 Å². The van der Waals surface area contributed by atoms with E-state index in [1.54, 1.807) is 18.2 Å². The first-order chi connectivity index (χ1) is 30.4. The second kappa shape index (κ2) is 18.4. The number of piperidine rings is 1. The van der Waals surface area contributed by atoms with E-state index in [4.69, 9.17) is 28.9 Å². The highest BCUT2D eigenvalue weighted by Gasteiger charge is 2.51. The van der Waals surface area contributed by atoms with Gasteiger partial charge in [-0.2, -0.15) is 0 Å². The molecule has 3 fully saturated rings. The van der Waals surface area contributed by atoms with E-state index in [1.165, 1.54) is 14.2 Å². The summed E-state index contributed by atoms with van der Waals surface area (Å²) in [5, 5.41) is 7.54. The van der Waals surface area contributed by atoms with Crippen molar-refractivity contribution < 1.29 is 38.1 Å². The number of rotatable bonds is 14. The molecule has 4 heterocycles. The van der Waals surface area contributed by atoms with Crippen LogP contribution in [-0.2, 0) is 28.5 Å². The molecule has 334 valence electrons. The minimum absolute atomic E-state index is 0.0993. The standard InChI is InChI=1S/C47H58N8O8/c1-25(2)38(52-46(58)61-6)44(56)54-24-33(63-19-18-60-5)22-37(54)42-48-23-36(50-42)28-10-8-27(9-11-28)29-13-16-34-30(20-29)14-17-35-40(34)51-43(49-35)41-31-12-15-32(21-31)55(41)45(57)39(26(3)4)53-47(59)62-7/h8-11,13-14,16-17,20,23,25-26,31-33,37-39,41H,12,15,18-19,21-22,24H2,1-7H3,(H,48,50)(H,49,51)(H,52,58)(H,53,59)/t31-,32+,33+,37-,38-,39-,41-/m0/s1. The summed E-state index contributed by atoms with van der Waals surface area (Å²) in [6, 6.07) is 16.8. The normalized spacial score (nSPS) is 21.7. The molecule has 63 heavy (non-hydrogen) atoms. The molecule has 8 rings (SSSR count). The fraction of sp³-hybridized carbons (Fsp3) is 0.489. The predicted molar refractivity (Wildman–Crippen MR) is 236 cm³/mol. The molecule has 2 aliphatic heterocycles. The Kier molecular flexibility index (Phi) is 12.7. The fourth-order valence-electron chi connectivity index (χ4n) is 9.75. The van der Waals surface area contributed by atoms with Gasteiger partial charge in [-0.05, 0) is 71.2 Å². The summed E-state index contributed by atoms with van der Waals surface area (Å²) in [6.07, 6.45) is 3.70. The summed E-state index contributed by atoms with van der Waals surface area (Å²) < 4.78 is 20.9. The summed E-state index contributed by atoms with van der Waals surface area (Å²) in [6.45, 7) is 8.80. The molecule has 1 aliphatic carbocycles. The highest BCUT2D eigenvalue weighted by atomic mass is 16.5. The molecule has 4 amide bonds. The van der Waals surface area contributed by atoms with Crippen molar-refractivity contribution in [2.45, 2.75) is 89.7 Å². The second-order valence-electron chi connectivity index (χ2n) is 17.6. The average Bonchev–Trinajstić information content (AvgIpc) is 4.15. The molecule has 5 aromatic rings. The number of benzene rings is 3. The number of alkyl carbamates (subject to hydrolysis) is 2. The maximum Gasteiger partial charge on any atom is 0.407 e. The first-order valence-electron chi connectivity index (χ1n) is 21.9. The number of carbonyl (C=O) groups excluding carboxylic acids is 4. The minimum Gasteiger partial charge on any atom is -0.453 e. The van der Waals surface area contributed by atoms with Gasteiger partial charge in [0.05, 0.1) is 68.5 Å². The Morgan fingerprint density at radius 3 is 2.14 bits per heavy atom. The van der Waals surface area contributed by atoms with Gasteiger partial charge in [0.15, 0.2) is 0 Å². The van der Waals surface area contributed by atoms with Crippen LogP contribution in [-0.4, -0.2) is 119 Å². The van der Waals surface area contributed by atoms with Crippen LogP contribution in [0.3, 0.4) is 0 Å². The molecule has 2 aromatic heterocycles. The lowest BCUT2D eigenvalue weighted by Crippen LogP contribution is -2.54. The van der Waals surface area contributed by atoms with Crippen LogP contribution < -0.4 is 10.6 Å². The predicted octanol–water partition coefficient (Wildman–Crippen LogP) is 6.89. The average molecular weight is 863 g/mol. The Hall–Kier alpha value is -6.00. The molecule has 2 bridgehead atoms. The van der Waals surface area contributed by atoms with E-state index in [2.05, 4.69) is 75.2 Å². The van der Waals surface area contributed by atoms with Crippen LogP contribution in [0.25, 0.3) is 44.2 Å². The molecule has 3 aromatic carbocycles. The summed E-state index contributed by atoms with van der Waals surface area (Å²) in [4.78, 5) is 73.1. The molecular weight excluding hydrogens is 805 g/mol. The number of hydrogen-bond acceptors (Lipinski definition) is 10. The van der Waals surface area contributed by atoms with E-state index in [-0.39, 0.29) is 41.8 Å². The lowest BCUT2D eigenvalue weighted by Gasteiger charge is -2.37. The quantitative estimate of drug-likeness (QED) is 0.0855. The van der Waals surface area contributed by atoms with Crippen LogP contribution in [0.2, 0.25) is 0 Å². The van der Waals surface area contributed by atoms with Crippen LogP contribution in [0, 0.1) is 17.8 Å². The van der Waals surface area contributed by atoms with E-state index in [1.807, 2.05) is 32.6 Å². The second-order valence-corrected chi connectivity index (χ2v) is 17.6. The Morgan fingerprint density at radius 1 is 0.778 bits per heavy atom. The third kappa shape index (κ3) is 8.70. The smallest absolute Gasteiger partial charge is 0.407 e. The van der Waals surface area contributed by atoms with Crippen LogP contribution in [0.15, 0.2) is 60.8 Å². The number of fused-ring (bicyclic) bond motifs is 5. The van der Waals surface area contributed by atoms with Gasteiger partial charge in [0, 0.05) is 31.5 Å². The number of imidazole rings is 2. The van der Waals surface area contributed by atoms with Gasteiger partial charge < -0.3 is 49.3 Å². The molecule has 4 N–H and O–H groups in total. The zero-order valence-corrected chi connectivity index (χ0v) is 37.0. The largest absolute Gasteiger partial charge is 0.453 e. The molecule has 0 spiro atoms. The molecule has 16 nitrogen and oxygen atoms in total. The van der Waals surface area contributed by atoms with Crippen LogP contribution in [0.4, 0.5) is 9.59 Å². The van der Waals surface area contributed by atoms with Crippen molar-refractivity contribution in [3.05, 3.63) is 72.4 Å². The third-order valence-electron chi connectivity index (χ3n) is 13.0. The lowest BCUT2D eigenvalue weighted by molar-refractivity contribution is -0.139. The Morgan fingerprint density at radius 2 is 1.46 bits per heavy atom. The van der Waals surface area contributed by atoms with Crippen molar-refractivity contribution in [1.82, 2.24) is 40.4 Å². The summed E-state index contributed by atoms with van der Waals surface area (Å²) in [5.74, 6) is 1.08. The van der Waals surface area contributed by atoms with E-state index in [0.717, 1.165) is 69.3 Å². The number of carbonyl (C=O) groups is 4. The Bertz CT molecular complexity index is 2460.